The quantitative estimate of drug-likeness (QED) is 0.431. The molecule has 6 heteroatoms. The molecule has 112 valence electrons. The average molecular weight is 297 g/mol. The molecule has 2 atom stereocenters. The summed E-state index contributed by atoms with van der Waals surface area (Å²) >= 11 is 1.56. The summed E-state index contributed by atoms with van der Waals surface area (Å²) in [6.07, 6.45) is 9.55. The molecular weight excluding hydrogens is 274 g/mol. The molecule has 1 aromatic heterocycles. The van der Waals surface area contributed by atoms with E-state index in [9.17, 15) is 4.79 Å². The lowest BCUT2D eigenvalue weighted by Gasteiger charge is -2.06. The van der Waals surface area contributed by atoms with Crippen LogP contribution < -0.4 is 0 Å². The number of carbonyl (C=O) groups excluding carboxylic acids is 1. The van der Waals surface area contributed by atoms with Gasteiger partial charge in [0.15, 0.2) is 5.16 Å². The predicted octanol–water partition coefficient (Wildman–Crippen LogP) is 3.19. The smallest absolute Gasteiger partial charge is 0.309 e. The van der Waals surface area contributed by atoms with E-state index in [-0.39, 0.29) is 18.0 Å². The monoisotopic (exact) mass is 297 g/mol. The minimum Gasteiger partial charge on any atom is -0.461 e. The lowest BCUT2D eigenvalue weighted by Crippen LogP contribution is -2.09. The third-order valence-corrected chi connectivity index (χ3v) is 4.63. The van der Waals surface area contributed by atoms with Gasteiger partial charge in [0.2, 0.25) is 0 Å². The van der Waals surface area contributed by atoms with Crippen molar-refractivity contribution in [1.82, 2.24) is 15.2 Å². The number of hydrogen-bond acceptors (Lipinski definition) is 5. The minimum atomic E-state index is -0.0105. The van der Waals surface area contributed by atoms with Gasteiger partial charge >= 0.3 is 5.97 Å². The van der Waals surface area contributed by atoms with Crippen LogP contribution in [0.25, 0.3) is 0 Å². The van der Waals surface area contributed by atoms with Crippen molar-refractivity contribution in [2.45, 2.75) is 63.1 Å². The zero-order valence-corrected chi connectivity index (χ0v) is 12.8. The molecule has 1 aliphatic heterocycles. The van der Waals surface area contributed by atoms with Gasteiger partial charge in [0.05, 0.1) is 5.92 Å². The predicted molar refractivity (Wildman–Crippen MR) is 78.5 cm³/mol. The van der Waals surface area contributed by atoms with Crippen molar-refractivity contribution >= 4 is 17.7 Å². The van der Waals surface area contributed by atoms with Gasteiger partial charge in [-0.2, -0.15) is 5.10 Å². The molecule has 1 fully saturated rings. The summed E-state index contributed by atoms with van der Waals surface area (Å²) in [4.78, 5) is 15.8. The summed E-state index contributed by atoms with van der Waals surface area (Å²) in [5.41, 5.74) is 0. The third kappa shape index (κ3) is 4.81. The molecule has 0 spiro atoms. The number of thioether (sulfide) groups is 1. The Kier molecular flexibility index (Phi) is 6.36. The first-order chi connectivity index (χ1) is 9.79. The number of cyclic esters (lactones) is 1. The number of hydrogen-bond donors (Lipinski definition) is 1. The average Bonchev–Trinajstić information content (AvgIpc) is 3.06. The van der Waals surface area contributed by atoms with Gasteiger partial charge in [0.25, 0.3) is 0 Å². The Labute approximate surface area is 124 Å². The van der Waals surface area contributed by atoms with Crippen LogP contribution in [0.15, 0.2) is 11.5 Å². The van der Waals surface area contributed by atoms with Crippen LogP contribution >= 0.6 is 11.8 Å². The van der Waals surface area contributed by atoms with Gasteiger partial charge in [-0.1, -0.05) is 50.8 Å². The molecular formula is C14H23N3O2S. The number of carbonyl (C=O) groups is 1. The molecule has 5 nitrogen and oxygen atoms in total. The summed E-state index contributed by atoms with van der Waals surface area (Å²) in [5, 5.41) is 7.38. The Bertz CT molecular complexity index is 397. The van der Waals surface area contributed by atoms with Crippen molar-refractivity contribution in [3.8, 4) is 0 Å². The van der Waals surface area contributed by atoms with E-state index in [1.807, 2.05) is 0 Å². The fourth-order valence-electron chi connectivity index (χ4n) is 2.49. The second-order valence-corrected chi connectivity index (χ2v) is 6.30. The maximum atomic E-state index is 11.8. The van der Waals surface area contributed by atoms with E-state index in [0.717, 1.165) is 30.2 Å². The molecule has 0 aromatic carbocycles. The fourth-order valence-corrected chi connectivity index (χ4v) is 3.28. The maximum Gasteiger partial charge on any atom is 0.309 e. The minimum absolute atomic E-state index is 0.0105. The van der Waals surface area contributed by atoms with E-state index in [1.54, 1.807) is 11.8 Å². The van der Waals surface area contributed by atoms with Crippen LogP contribution in [0.1, 0.15) is 51.9 Å². The van der Waals surface area contributed by atoms with E-state index in [2.05, 4.69) is 22.1 Å². The van der Waals surface area contributed by atoms with Gasteiger partial charge in [-0.15, -0.1) is 0 Å². The second-order valence-electron chi connectivity index (χ2n) is 5.30. The van der Waals surface area contributed by atoms with Gasteiger partial charge in [0, 0.05) is 5.75 Å². The highest BCUT2D eigenvalue weighted by Gasteiger charge is 2.33. The van der Waals surface area contributed by atoms with Gasteiger partial charge in [0.1, 0.15) is 12.4 Å². The van der Waals surface area contributed by atoms with Crippen LogP contribution in [-0.4, -0.2) is 33.0 Å². The Hall–Kier alpha value is -1.04. The van der Waals surface area contributed by atoms with E-state index in [1.165, 1.54) is 32.0 Å². The summed E-state index contributed by atoms with van der Waals surface area (Å²) in [6, 6.07) is 0. The Morgan fingerprint density at radius 2 is 2.25 bits per heavy atom. The number of aromatic amines is 1. The number of esters is 1. The molecule has 0 amide bonds. The summed E-state index contributed by atoms with van der Waals surface area (Å²) in [6.45, 7) is 2.21. The van der Waals surface area contributed by atoms with Crippen LogP contribution in [-0.2, 0) is 9.53 Å². The topological polar surface area (TPSA) is 67.9 Å². The number of aromatic nitrogens is 3. The van der Waals surface area contributed by atoms with Crippen molar-refractivity contribution in [1.29, 1.82) is 0 Å². The first kappa shape index (κ1) is 15.4. The van der Waals surface area contributed by atoms with Crippen LogP contribution in [0.4, 0.5) is 0 Å². The molecule has 0 bridgehead atoms. The lowest BCUT2D eigenvalue weighted by atomic mass is 9.97. The molecule has 1 aliphatic rings. The fraction of sp³-hybridized carbons (Fsp3) is 0.786. The molecule has 1 aromatic rings. The third-order valence-electron chi connectivity index (χ3n) is 3.62. The van der Waals surface area contributed by atoms with Crippen molar-refractivity contribution in [3.05, 3.63) is 6.33 Å². The number of ether oxygens (including phenoxy) is 1. The molecule has 0 radical (unpaired) electrons. The van der Waals surface area contributed by atoms with Crippen molar-refractivity contribution in [2.24, 2.45) is 5.92 Å². The Balaban J connectivity index is 1.62. The number of unbranched alkanes of at least 4 members (excludes halogenated alkanes) is 4. The van der Waals surface area contributed by atoms with Gasteiger partial charge in [-0.05, 0) is 12.8 Å². The first-order valence-electron chi connectivity index (χ1n) is 7.48. The summed E-state index contributed by atoms with van der Waals surface area (Å²) in [7, 11) is 0. The van der Waals surface area contributed by atoms with Crippen LogP contribution in [0.3, 0.4) is 0 Å². The molecule has 2 heterocycles. The molecule has 1 N–H and O–H groups in total. The Morgan fingerprint density at radius 1 is 1.40 bits per heavy atom. The van der Waals surface area contributed by atoms with E-state index >= 15 is 0 Å². The summed E-state index contributed by atoms with van der Waals surface area (Å²) in [5.74, 6) is 0.855. The van der Waals surface area contributed by atoms with Gasteiger partial charge in [-0.25, -0.2) is 4.98 Å². The Morgan fingerprint density at radius 3 is 3.00 bits per heavy atom. The molecule has 0 unspecified atom stereocenters. The van der Waals surface area contributed by atoms with Gasteiger partial charge < -0.3 is 4.74 Å². The van der Waals surface area contributed by atoms with Crippen molar-refractivity contribution in [3.63, 3.8) is 0 Å². The highest BCUT2D eigenvalue weighted by Crippen LogP contribution is 2.29. The van der Waals surface area contributed by atoms with Crippen LogP contribution in [0.2, 0.25) is 0 Å². The molecule has 0 aliphatic carbocycles. The first-order valence-corrected chi connectivity index (χ1v) is 8.46. The molecule has 20 heavy (non-hydrogen) atoms. The zero-order chi connectivity index (χ0) is 14.2. The molecule has 0 saturated carbocycles. The van der Waals surface area contributed by atoms with Gasteiger partial charge in [-0.3, -0.25) is 9.89 Å². The normalized spacial score (nSPS) is 22.1. The highest BCUT2D eigenvalue weighted by molar-refractivity contribution is 7.99. The van der Waals surface area contributed by atoms with Crippen LogP contribution in [0, 0.1) is 5.92 Å². The number of nitrogens with zero attached hydrogens (tertiary/aromatic N) is 2. The standard InChI is InChI=1S/C14H23N3O2S/c1-2-3-4-5-6-7-11-8-12(19-13(11)18)9-20-14-15-10-16-17-14/h10-12H,2-9H2,1H3,(H,15,16,17)/t11-,12-/m1/s1. The van der Waals surface area contributed by atoms with E-state index < -0.39 is 0 Å². The van der Waals surface area contributed by atoms with E-state index in [4.69, 9.17) is 4.74 Å². The second kappa shape index (κ2) is 8.29. The lowest BCUT2D eigenvalue weighted by molar-refractivity contribution is -0.143. The van der Waals surface area contributed by atoms with E-state index in [0.29, 0.717) is 0 Å². The SMILES string of the molecule is CCCCCCC[C@@H]1C[C@H](CSc2ncn[nH]2)OC1=O. The number of H-pyrrole nitrogens is 1. The van der Waals surface area contributed by atoms with Crippen molar-refractivity contribution in [2.75, 3.05) is 5.75 Å². The number of nitrogens with one attached hydrogen (secondary N) is 1. The largest absolute Gasteiger partial charge is 0.461 e. The summed E-state index contributed by atoms with van der Waals surface area (Å²) < 4.78 is 5.43. The highest BCUT2D eigenvalue weighted by atomic mass is 32.2. The number of rotatable bonds is 9. The maximum absolute atomic E-state index is 11.8. The zero-order valence-electron chi connectivity index (χ0n) is 12.0. The molecule has 1 saturated heterocycles. The molecule has 2 rings (SSSR count). The van der Waals surface area contributed by atoms with Crippen LogP contribution in [0.5, 0.6) is 0 Å². The van der Waals surface area contributed by atoms with Crippen molar-refractivity contribution < 1.29 is 9.53 Å².